The third kappa shape index (κ3) is 3.10. The van der Waals surface area contributed by atoms with Gasteiger partial charge in [-0.15, -0.1) is 0 Å². The summed E-state index contributed by atoms with van der Waals surface area (Å²) in [6, 6.07) is 5.76. The van der Waals surface area contributed by atoms with Gasteiger partial charge in [0.25, 0.3) is 0 Å². The fourth-order valence-electron chi connectivity index (χ4n) is 1.60. The largest absolute Gasteiger partial charge is 0.467 e. The first-order valence-electron chi connectivity index (χ1n) is 5.90. The topological polar surface area (TPSA) is 51.0 Å². The van der Waals surface area contributed by atoms with Crippen molar-refractivity contribution in [1.82, 2.24) is 9.97 Å². The van der Waals surface area contributed by atoms with E-state index in [-0.39, 0.29) is 6.04 Å². The predicted octanol–water partition coefficient (Wildman–Crippen LogP) is 4.13. The molecule has 0 amide bonds. The van der Waals surface area contributed by atoms with Gasteiger partial charge < -0.3 is 9.73 Å². The Bertz CT molecular complexity index is 511. The van der Waals surface area contributed by atoms with Crippen LogP contribution in [0, 0.1) is 0 Å². The molecule has 5 heteroatoms. The van der Waals surface area contributed by atoms with Crippen LogP contribution in [0.1, 0.15) is 44.3 Å². The Labute approximate surface area is 115 Å². The lowest BCUT2D eigenvalue weighted by atomic mass is 10.2. The highest BCUT2D eigenvalue weighted by Crippen LogP contribution is 2.22. The normalized spacial score (nSPS) is 12.7. The molecule has 1 atom stereocenters. The maximum absolute atomic E-state index is 5.36. The minimum absolute atomic E-state index is 0.0711. The van der Waals surface area contributed by atoms with Gasteiger partial charge in [0, 0.05) is 12.0 Å². The van der Waals surface area contributed by atoms with Crippen LogP contribution in [0.2, 0.25) is 0 Å². The molecule has 0 aromatic carbocycles. The number of rotatable bonds is 4. The van der Waals surface area contributed by atoms with Gasteiger partial charge in [-0.1, -0.05) is 13.8 Å². The second kappa shape index (κ2) is 5.52. The third-order valence-corrected chi connectivity index (χ3v) is 2.97. The minimum Gasteiger partial charge on any atom is -0.467 e. The molecule has 18 heavy (non-hydrogen) atoms. The van der Waals surface area contributed by atoms with Crippen LogP contribution in [-0.4, -0.2) is 9.97 Å². The molecule has 1 unspecified atom stereocenters. The minimum atomic E-state index is 0.0711. The highest BCUT2D eigenvalue weighted by molar-refractivity contribution is 9.10. The summed E-state index contributed by atoms with van der Waals surface area (Å²) in [6.07, 6.45) is 1.67. The molecular formula is C13H16BrN3O. The molecule has 0 aliphatic rings. The van der Waals surface area contributed by atoms with Crippen LogP contribution in [0.5, 0.6) is 0 Å². The summed E-state index contributed by atoms with van der Waals surface area (Å²) in [5.74, 6) is 2.79. The Morgan fingerprint density at radius 1 is 1.28 bits per heavy atom. The summed E-state index contributed by atoms with van der Waals surface area (Å²) in [5.41, 5.74) is 0. The SMILES string of the molecule is CC(C)c1nc(Br)cc(NC(C)c2ccco2)n1. The van der Waals surface area contributed by atoms with Crippen molar-refractivity contribution in [2.75, 3.05) is 5.32 Å². The zero-order valence-corrected chi connectivity index (χ0v) is 12.2. The van der Waals surface area contributed by atoms with Crippen molar-refractivity contribution in [3.8, 4) is 0 Å². The molecule has 0 aliphatic carbocycles. The van der Waals surface area contributed by atoms with E-state index in [1.54, 1.807) is 6.26 Å². The van der Waals surface area contributed by atoms with E-state index in [0.717, 1.165) is 22.0 Å². The van der Waals surface area contributed by atoms with E-state index >= 15 is 0 Å². The molecule has 2 aromatic rings. The van der Waals surface area contributed by atoms with E-state index in [2.05, 4.69) is 45.1 Å². The van der Waals surface area contributed by atoms with Gasteiger partial charge in [0.05, 0.1) is 12.3 Å². The summed E-state index contributed by atoms with van der Waals surface area (Å²) in [6.45, 7) is 6.17. The number of furan rings is 1. The number of anilines is 1. The fourth-order valence-corrected chi connectivity index (χ4v) is 2.00. The lowest BCUT2D eigenvalue weighted by molar-refractivity contribution is 0.490. The summed E-state index contributed by atoms with van der Waals surface area (Å²) < 4.78 is 6.15. The van der Waals surface area contributed by atoms with Crippen molar-refractivity contribution in [2.45, 2.75) is 32.7 Å². The number of aromatic nitrogens is 2. The molecule has 1 N–H and O–H groups in total. The third-order valence-electron chi connectivity index (χ3n) is 2.56. The maximum atomic E-state index is 5.36. The van der Waals surface area contributed by atoms with Crippen LogP contribution >= 0.6 is 15.9 Å². The summed E-state index contributed by atoms with van der Waals surface area (Å²) in [4.78, 5) is 8.83. The number of nitrogens with one attached hydrogen (secondary N) is 1. The molecule has 0 saturated heterocycles. The van der Waals surface area contributed by atoms with E-state index in [0.29, 0.717) is 5.92 Å². The summed E-state index contributed by atoms with van der Waals surface area (Å²) >= 11 is 3.41. The monoisotopic (exact) mass is 309 g/mol. The lowest BCUT2D eigenvalue weighted by Gasteiger charge is -2.14. The van der Waals surface area contributed by atoms with Crippen molar-refractivity contribution in [3.05, 3.63) is 40.7 Å². The molecule has 0 aliphatic heterocycles. The first-order valence-corrected chi connectivity index (χ1v) is 6.70. The van der Waals surface area contributed by atoms with Gasteiger partial charge in [0.1, 0.15) is 22.0 Å². The Morgan fingerprint density at radius 3 is 2.67 bits per heavy atom. The number of nitrogens with zero attached hydrogens (tertiary/aromatic N) is 2. The van der Waals surface area contributed by atoms with Gasteiger partial charge in [-0.05, 0) is 35.0 Å². The average molecular weight is 310 g/mol. The van der Waals surface area contributed by atoms with Crippen LogP contribution in [0.3, 0.4) is 0 Å². The highest BCUT2D eigenvalue weighted by atomic mass is 79.9. The van der Waals surface area contributed by atoms with Crippen LogP contribution < -0.4 is 5.32 Å². The first kappa shape index (κ1) is 13.1. The second-order valence-corrected chi connectivity index (χ2v) is 5.28. The van der Waals surface area contributed by atoms with Crippen LogP contribution in [-0.2, 0) is 0 Å². The van der Waals surface area contributed by atoms with Crippen molar-refractivity contribution >= 4 is 21.7 Å². The molecule has 0 saturated carbocycles. The van der Waals surface area contributed by atoms with E-state index in [1.807, 2.05) is 25.1 Å². The summed E-state index contributed by atoms with van der Waals surface area (Å²) in [5, 5.41) is 3.31. The van der Waals surface area contributed by atoms with Crippen molar-refractivity contribution in [3.63, 3.8) is 0 Å². The Kier molecular flexibility index (Phi) is 4.01. The van der Waals surface area contributed by atoms with Gasteiger partial charge in [-0.3, -0.25) is 0 Å². The fraction of sp³-hybridized carbons (Fsp3) is 0.385. The molecule has 96 valence electrons. The van der Waals surface area contributed by atoms with Gasteiger partial charge >= 0.3 is 0 Å². The Balaban J connectivity index is 2.18. The standard InChI is InChI=1S/C13H16BrN3O/c1-8(2)13-16-11(14)7-12(17-13)15-9(3)10-5-4-6-18-10/h4-9H,1-3H3,(H,15,16,17). The van der Waals surface area contributed by atoms with Crippen LogP contribution in [0.25, 0.3) is 0 Å². The predicted molar refractivity (Wildman–Crippen MR) is 74.6 cm³/mol. The van der Waals surface area contributed by atoms with Crippen LogP contribution in [0.15, 0.2) is 33.5 Å². The second-order valence-electron chi connectivity index (χ2n) is 4.47. The molecule has 2 rings (SSSR count). The number of halogens is 1. The van der Waals surface area contributed by atoms with Crippen LogP contribution in [0.4, 0.5) is 5.82 Å². The average Bonchev–Trinajstić information content (AvgIpc) is 2.81. The quantitative estimate of drug-likeness (QED) is 0.863. The van der Waals surface area contributed by atoms with Gasteiger partial charge in [-0.25, -0.2) is 9.97 Å². The molecule has 0 bridgehead atoms. The molecular weight excluding hydrogens is 294 g/mol. The summed E-state index contributed by atoms with van der Waals surface area (Å²) in [7, 11) is 0. The molecule has 2 aromatic heterocycles. The van der Waals surface area contributed by atoms with E-state index in [4.69, 9.17) is 4.42 Å². The molecule has 4 nitrogen and oxygen atoms in total. The maximum Gasteiger partial charge on any atom is 0.134 e. The molecule has 0 fully saturated rings. The van der Waals surface area contributed by atoms with E-state index in [1.165, 1.54) is 0 Å². The molecule has 0 radical (unpaired) electrons. The zero-order chi connectivity index (χ0) is 13.1. The number of hydrogen-bond donors (Lipinski definition) is 1. The smallest absolute Gasteiger partial charge is 0.134 e. The van der Waals surface area contributed by atoms with Crippen molar-refractivity contribution in [1.29, 1.82) is 0 Å². The Morgan fingerprint density at radius 2 is 2.06 bits per heavy atom. The Hall–Kier alpha value is -1.36. The van der Waals surface area contributed by atoms with Crippen molar-refractivity contribution in [2.24, 2.45) is 0 Å². The zero-order valence-electron chi connectivity index (χ0n) is 10.6. The van der Waals surface area contributed by atoms with Gasteiger partial charge in [0.2, 0.25) is 0 Å². The van der Waals surface area contributed by atoms with E-state index < -0.39 is 0 Å². The molecule has 0 spiro atoms. The number of hydrogen-bond acceptors (Lipinski definition) is 4. The van der Waals surface area contributed by atoms with Crippen molar-refractivity contribution < 1.29 is 4.42 Å². The first-order chi connectivity index (χ1) is 8.56. The lowest BCUT2D eigenvalue weighted by Crippen LogP contribution is -2.09. The highest BCUT2D eigenvalue weighted by Gasteiger charge is 2.11. The molecule has 2 heterocycles. The van der Waals surface area contributed by atoms with Gasteiger partial charge in [-0.2, -0.15) is 0 Å². The van der Waals surface area contributed by atoms with E-state index in [9.17, 15) is 0 Å². The van der Waals surface area contributed by atoms with Gasteiger partial charge in [0.15, 0.2) is 0 Å².